The molecule has 1 N–H and O–H groups in total. The number of benzene rings is 1. The second kappa shape index (κ2) is 6.10. The second-order valence-corrected chi connectivity index (χ2v) is 4.92. The van der Waals surface area contributed by atoms with E-state index in [2.05, 4.69) is 26.1 Å². The lowest BCUT2D eigenvalue weighted by Crippen LogP contribution is -2.34. The van der Waals surface area contributed by atoms with Gasteiger partial charge in [0.1, 0.15) is 0 Å². The Morgan fingerprint density at radius 1 is 1.12 bits per heavy atom. The highest BCUT2D eigenvalue weighted by molar-refractivity contribution is 5.20. The maximum absolute atomic E-state index is 13.7. The molecule has 0 saturated carbocycles. The average Bonchev–Trinajstić information content (AvgIpc) is 2.29. The zero-order chi connectivity index (χ0) is 12.9. The van der Waals surface area contributed by atoms with E-state index in [1.807, 2.05) is 0 Å². The summed E-state index contributed by atoms with van der Waals surface area (Å²) in [5, 5.41) is 2.86. The molecule has 0 spiro atoms. The van der Waals surface area contributed by atoms with Crippen LogP contribution in [0.5, 0.6) is 0 Å². The fraction of sp³-hybridized carbons (Fsp3) is 0.571. The van der Waals surface area contributed by atoms with Gasteiger partial charge in [-0.25, -0.2) is 0 Å². The Kier molecular flexibility index (Phi) is 5.06. The number of rotatable bonds is 6. The van der Waals surface area contributed by atoms with Crippen LogP contribution in [0.4, 0.5) is 8.78 Å². The van der Waals surface area contributed by atoms with Gasteiger partial charge in [0, 0.05) is 5.56 Å². The van der Waals surface area contributed by atoms with Crippen LogP contribution in [-0.2, 0) is 5.92 Å². The van der Waals surface area contributed by atoms with E-state index in [1.165, 1.54) is 12.1 Å². The molecule has 0 fully saturated rings. The van der Waals surface area contributed by atoms with Crippen LogP contribution < -0.4 is 5.32 Å². The van der Waals surface area contributed by atoms with Crippen LogP contribution >= 0.6 is 0 Å². The quantitative estimate of drug-likeness (QED) is 0.801. The van der Waals surface area contributed by atoms with Crippen molar-refractivity contribution >= 4 is 0 Å². The van der Waals surface area contributed by atoms with E-state index in [0.29, 0.717) is 18.4 Å². The normalized spacial score (nSPS) is 14.0. The van der Waals surface area contributed by atoms with Gasteiger partial charge in [-0.15, -0.1) is 0 Å². The lowest BCUT2D eigenvalue weighted by atomic mass is 9.98. The molecule has 0 aliphatic rings. The van der Waals surface area contributed by atoms with Gasteiger partial charge in [0.2, 0.25) is 0 Å². The molecule has 1 aromatic carbocycles. The molecule has 0 aliphatic heterocycles. The standard InChI is InChI=1S/C14H21F2N/c1-11(2)12(3)9-17-10-14(15,16)13-7-5-4-6-8-13/h4-8,11-12,17H,9-10H2,1-3H3. The molecular formula is C14H21F2N. The van der Waals surface area contributed by atoms with E-state index in [-0.39, 0.29) is 12.1 Å². The van der Waals surface area contributed by atoms with E-state index < -0.39 is 5.92 Å². The first-order valence-electron chi connectivity index (χ1n) is 6.07. The molecular weight excluding hydrogens is 220 g/mol. The Labute approximate surface area is 102 Å². The van der Waals surface area contributed by atoms with Gasteiger partial charge in [0.05, 0.1) is 6.54 Å². The maximum atomic E-state index is 13.7. The van der Waals surface area contributed by atoms with E-state index in [1.54, 1.807) is 18.2 Å². The van der Waals surface area contributed by atoms with Crippen molar-refractivity contribution in [2.24, 2.45) is 11.8 Å². The van der Waals surface area contributed by atoms with Crippen LogP contribution in [0.3, 0.4) is 0 Å². The number of halogens is 2. The minimum atomic E-state index is -2.79. The molecule has 0 aromatic heterocycles. The van der Waals surface area contributed by atoms with E-state index in [9.17, 15) is 8.78 Å². The summed E-state index contributed by atoms with van der Waals surface area (Å²) in [6.07, 6.45) is 0. The third-order valence-electron chi connectivity index (χ3n) is 3.15. The molecule has 0 aliphatic carbocycles. The van der Waals surface area contributed by atoms with Gasteiger partial charge < -0.3 is 5.32 Å². The van der Waals surface area contributed by atoms with Crippen LogP contribution in [0.25, 0.3) is 0 Å². The number of nitrogens with one attached hydrogen (secondary N) is 1. The lowest BCUT2D eigenvalue weighted by Gasteiger charge is -2.20. The Bertz CT molecular complexity index is 322. The van der Waals surface area contributed by atoms with Crippen molar-refractivity contribution in [3.05, 3.63) is 35.9 Å². The first-order chi connectivity index (χ1) is 7.93. The third-order valence-corrected chi connectivity index (χ3v) is 3.15. The van der Waals surface area contributed by atoms with Crippen LogP contribution in [0.15, 0.2) is 30.3 Å². The van der Waals surface area contributed by atoms with Crippen molar-refractivity contribution in [2.45, 2.75) is 26.7 Å². The van der Waals surface area contributed by atoms with E-state index >= 15 is 0 Å². The Balaban J connectivity index is 2.46. The Hall–Kier alpha value is -0.960. The smallest absolute Gasteiger partial charge is 0.285 e. The monoisotopic (exact) mass is 241 g/mol. The molecule has 0 bridgehead atoms. The summed E-state index contributed by atoms with van der Waals surface area (Å²) in [6.45, 7) is 6.59. The average molecular weight is 241 g/mol. The molecule has 1 atom stereocenters. The summed E-state index contributed by atoms with van der Waals surface area (Å²) < 4.78 is 27.5. The topological polar surface area (TPSA) is 12.0 Å². The minimum Gasteiger partial charge on any atom is -0.311 e. The number of alkyl halides is 2. The minimum absolute atomic E-state index is 0.0738. The summed E-state index contributed by atoms with van der Waals surface area (Å²) in [5.74, 6) is -1.88. The van der Waals surface area contributed by atoms with Gasteiger partial charge in [0.15, 0.2) is 0 Å². The lowest BCUT2D eigenvalue weighted by molar-refractivity contribution is -0.00403. The third kappa shape index (κ3) is 4.43. The predicted molar refractivity (Wildman–Crippen MR) is 67.2 cm³/mol. The summed E-state index contributed by atoms with van der Waals surface area (Å²) in [4.78, 5) is 0. The number of hydrogen-bond acceptors (Lipinski definition) is 1. The molecule has 1 rings (SSSR count). The van der Waals surface area contributed by atoms with E-state index in [0.717, 1.165) is 0 Å². The van der Waals surface area contributed by atoms with Crippen molar-refractivity contribution in [1.29, 1.82) is 0 Å². The summed E-state index contributed by atoms with van der Waals surface area (Å²) in [6, 6.07) is 7.95. The fourth-order valence-corrected chi connectivity index (χ4v) is 1.48. The zero-order valence-electron chi connectivity index (χ0n) is 10.7. The van der Waals surface area contributed by atoms with Gasteiger partial charge in [-0.3, -0.25) is 0 Å². The van der Waals surface area contributed by atoms with Gasteiger partial charge in [0.25, 0.3) is 5.92 Å². The van der Waals surface area contributed by atoms with E-state index in [4.69, 9.17) is 0 Å². The summed E-state index contributed by atoms with van der Waals surface area (Å²) in [7, 11) is 0. The van der Waals surface area contributed by atoms with Crippen molar-refractivity contribution < 1.29 is 8.78 Å². The summed E-state index contributed by atoms with van der Waals surface area (Å²) >= 11 is 0. The van der Waals surface area contributed by atoms with Gasteiger partial charge >= 0.3 is 0 Å². The van der Waals surface area contributed by atoms with Crippen molar-refractivity contribution in [2.75, 3.05) is 13.1 Å². The van der Waals surface area contributed by atoms with Gasteiger partial charge in [-0.2, -0.15) is 8.78 Å². The Morgan fingerprint density at radius 3 is 2.24 bits per heavy atom. The SMILES string of the molecule is CC(C)C(C)CNCC(F)(F)c1ccccc1. The predicted octanol–water partition coefficient (Wildman–Crippen LogP) is 3.66. The molecule has 3 heteroatoms. The molecule has 96 valence electrons. The molecule has 0 heterocycles. The molecule has 1 unspecified atom stereocenters. The van der Waals surface area contributed by atoms with Gasteiger partial charge in [-0.1, -0.05) is 51.1 Å². The number of hydrogen-bond donors (Lipinski definition) is 1. The zero-order valence-corrected chi connectivity index (χ0v) is 10.7. The highest BCUT2D eigenvalue weighted by Gasteiger charge is 2.30. The van der Waals surface area contributed by atoms with Crippen LogP contribution in [0.1, 0.15) is 26.3 Å². The highest BCUT2D eigenvalue weighted by atomic mass is 19.3. The molecule has 1 aromatic rings. The Morgan fingerprint density at radius 2 is 1.71 bits per heavy atom. The van der Waals surface area contributed by atoms with Crippen LogP contribution in [0.2, 0.25) is 0 Å². The first-order valence-corrected chi connectivity index (χ1v) is 6.07. The highest BCUT2D eigenvalue weighted by Crippen LogP contribution is 2.26. The molecule has 0 saturated heterocycles. The van der Waals surface area contributed by atoms with Crippen molar-refractivity contribution in [1.82, 2.24) is 5.32 Å². The second-order valence-electron chi connectivity index (χ2n) is 4.92. The summed E-state index contributed by atoms with van der Waals surface area (Å²) in [5.41, 5.74) is 0.0738. The molecule has 0 amide bonds. The van der Waals surface area contributed by atoms with Crippen LogP contribution in [0, 0.1) is 11.8 Å². The molecule has 0 radical (unpaired) electrons. The van der Waals surface area contributed by atoms with Crippen molar-refractivity contribution in [3.63, 3.8) is 0 Å². The first kappa shape index (κ1) is 14.1. The fourth-order valence-electron chi connectivity index (χ4n) is 1.48. The van der Waals surface area contributed by atoms with Crippen molar-refractivity contribution in [3.8, 4) is 0 Å². The van der Waals surface area contributed by atoms with Crippen LogP contribution in [-0.4, -0.2) is 13.1 Å². The largest absolute Gasteiger partial charge is 0.311 e. The van der Waals surface area contributed by atoms with Gasteiger partial charge in [-0.05, 0) is 18.4 Å². The molecule has 17 heavy (non-hydrogen) atoms. The maximum Gasteiger partial charge on any atom is 0.285 e. The molecule has 1 nitrogen and oxygen atoms in total.